The molecule has 0 fully saturated rings. The molecule has 0 amide bonds. The molecule has 0 aromatic heterocycles. The van der Waals surface area contributed by atoms with Gasteiger partial charge >= 0.3 is 102 Å². The van der Waals surface area contributed by atoms with E-state index in [0.717, 1.165) is 0 Å². The molecule has 1 unspecified atom stereocenters. The number of rotatable bonds is 2. The van der Waals surface area contributed by atoms with Crippen molar-refractivity contribution in [2.24, 2.45) is 0 Å². The maximum atomic E-state index is 12.3. The summed E-state index contributed by atoms with van der Waals surface area (Å²) in [7, 11) is 0. The van der Waals surface area contributed by atoms with Crippen LogP contribution in [-0.4, -0.2) is 17.9 Å². The van der Waals surface area contributed by atoms with Crippen LogP contribution in [0.25, 0.3) is 0 Å². The third kappa shape index (κ3) is 2.24. The normalized spacial score (nSPS) is 14.4. The van der Waals surface area contributed by atoms with Gasteiger partial charge in [-0.05, 0) is 0 Å². The van der Waals surface area contributed by atoms with Crippen LogP contribution < -0.4 is 8.70 Å². The van der Waals surface area contributed by atoms with Crippen LogP contribution in [-0.2, 0) is 3.74 Å². The van der Waals surface area contributed by atoms with Gasteiger partial charge in [-0.3, -0.25) is 0 Å². The number of hydrogen-bond donors (Lipinski definition) is 1. The predicted octanol–water partition coefficient (Wildman–Crippen LogP) is 1.32. The van der Waals surface area contributed by atoms with Gasteiger partial charge in [0.2, 0.25) is 0 Å². The van der Waals surface area contributed by atoms with E-state index in [-0.39, 0.29) is 0 Å². The average molecular weight is 297 g/mol. The zero-order valence-electron chi connectivity index (χ0n) is 8.38. The molecule has 0 spiro atoms. The summed E-state index contributed by atoms with van der Waals surface area (Å²) in [5.41, 5.74) is 0. The summed E-state index contributed by atoms with van der Waals surface area (Å²) in [4.78, 5) is 0. The summed E-state index contributed by atoms with van der Waals surface area (Å²) < 4.78 is 23.4. The second-order valence-corrected chi connectivity index (χ2v) is 8.41. The topological polar surface area (TPSA) is 37.3 Å². The van der Waals surface area contributed by atoms with Crippen molar-refractivity contribution in [1.82, 2.24) is 0 Å². The summed E-state index contributed by atoms with van der Waals surface area (Å²) >= 11 is 1.59. The Labute approximate surface area is 102 Å². The van der Waals surface area contributed by atoms with Crippen molar-refractivity contribution in [3.63, 3.8) is 0 Å². The van der Waals surface area contributed by atoms with Gasteiger partial charge in [0.15, 0.2) is 0 Å². The molecule has 2 nitrogen and oxygen atoms in total. The summed E-state index contributed by atoms with van der Waals surface area (Å²) in [6.45, 7) is 0. The molecule has 0 radical (unpaired) electrons. The van der Waals surface area contributed by atoms with Crippen LogP contribution >= 0.6 is 11.6 Å². The Morgan fingerprint density at radius 3 is 1.94 bits per heavy atom. The minimum atomic E-state index is -4.16. The van der Waals surface area contributed by atoms with E-state index in [1.165, 1.54) is 0 Å². The molecular weight excluding hydrogens is 287 g/mol. The van der Waals surface area contributed by atoms with E-state index in [0.29, 0.717) is 13.7 Å². The first-order valence-corrected chi connectivity index (χ1v) is 8.61. The first kappa shape index (κ1) is 11.5. The van der Waals surface area contributed by atoms with E-state index < -0.39 is 13.8 Å². The van der Waals surface area contributed by atoms with Crippen LogP contribution in [0.1, 0.15) is 0 Å². The van der Waals surface area contributed by atoms with Gasteiger partial charge in [0.1, 0.15) is 0 Å². The van der Waals surface area contributed by atoms with Crippen molar-refractivity contribution in [3.05, 3.63) is 59.6 Å². The van der Waals surface area contributed by atoms with E-state index in [2.05, 4.69) is 0 Å². The summed E-state index contributed by atoms with van der Waals surface area (Å²) in [6, 6.07) is 15.2. The van der Waals surface area contributed by atoms with Crippen molar-refractivity contribution < 1.29 is 7.84 Å². The molecule has 1 N–H and O–H groups in total. The molecule has 2 aromatic carbocycles. The van der Waals surface area contributed by atoms with Crippen molar-refractivity contribution in [1.29, 1.82) is 0 Å². The number of benzene rings is 2. The Kier molecular flexibility index (Phi) is 3.25. The second kappa shape index (κ2) is 4.50. The van der Waals surface area contributed by atoms with Gasteiger partial charge in [-0.1, -0.05) is 0 Å². The fraction of sp³-hybridized carbons (Fsp3) is 0. The van der Waals surface area contributed by atoms with Crippen LogP contribution in [0.2, 0.25) is 5.02 Å². The van der Waals surface area contributed by atoms with Crippen molar-refractivity contribution in [2.75, 3.05) is 0 Å². The molecule has 0 saturated heterocycles. The van der Waals surface area contributed by atoms with Crippen LogP contribution in [0.15, 0.2) is 54.6 Å². The van der Waals surface area contributed by atoms with Crippen LogP contribution in [0, 0.1) is 0 Å². The molecule has 16 heavy (non-hydrogen) atoms. The van der Waals surface area contributed by atoms with E-state index in [4.69, 9.17) is 11.6 Å². The second-order valence-electron chi connectivity index (χ2n) is 3.39. The van der Waals surface area contributed by atoms with Gasteiger partial charge in [0.25, 0.3) is 0 Å². The quantitative estimate of drug-likeness (QED) is 0.849. The molecule has 82 valence electrons. The molecule has 2 aromatic rings. The Bertz CT molecular complexity index is 522. The first-order valence-electron chi connectivity index (χ1n) is 4.75. The zero-order valence-corrected chi connectivity index (χ0v) is 11.0. The molecule has 0 aliphatic carbocycles. The van der Waals surface area contributed by atoms with Gasteiger partial charge in [0.05, 0.1) is 0 Å². The Morgan fingerprint density at radius 1 is 0.875 bits per heavy atom. The zero-order chi connectivity index (χ0) is 11.6. The molecule has 0 saturated carbocycles. The fourth-order valence-electron chi connectivity index (χ4n) is 1.42. The molecule has 0 bridgehead atoms. The molecular formula is C12H10AsClO2. The molecule has 0 aliphatic heterocycles. The molecule has 2 rings (SSSR count). The van der Waals surface area contributed by atoms with Crippen molar-refractivity contribution >= 4 is 34.1 Å². The molecule has 4 heteroatoms. The molecule has 1 atom stereocenters. The van der Waals surface area contributed by atoms with Gasteiger partial charge < -0.3 is 0 Å². The van der Waals surface area contributed by atoms with Crippen LogP contribution in [0.3, 0.4) is 0 Å². The average Bonchev–Trinajstić information content (AvgIpc) is 2.31. The Morgan fingerprint density at radius 2 is 1.38 bits per heavy atom. The first-order chi connectivity index (χ1) is 7.60. The van der Waals surface area contributed by atoms with Gasteiger partial charge in [-0.15, -0.1) is 0 Å². The Balaban J connectivity index is 2.47. The standard InChI is InChI=1S/C12H10AsClO2/c14-12-8-6-11(7-9-12)13(15,16)10-4-2-1-3-5-10/h1-9H,(H,15,16). The van der Waals surface area contributed by atoms with Gasteiger partial charge in [0, 0.05) is 0 Å². The summed E-state index contributed by atoms with van der Waals surface area (Å²) in [5.74, 6) is 0. The molecule has 0 aliphatic rings. The van der Waals surface area contributed by atoms with E-state index in [1.807, 2.05) is 6.07 Å². The van der Waals surface area contributed by atoms with E-state index in [9.17, 15) is 7.84 Å². The Hall–Kier alpha value is -0.952. The van der Waals surface area contributed by atoms with Gasteiger partial charge in [-0.25, -0.2) is 0 Å². The predicted molar refractivity (Wildman–Crippen MR) is 65.8 cm³/mol. The number of hydrogen-bond acceptors (Lipinski definition) is 1. The minimum absolute atomic E-state index is 0.453. The fourth-order valence-corrected chi connectivity index (χ4v) is 4.54. The van der Waals surface area contributed by atoms with Crippen LogP contribution in [0.5, 0.6) is 0 Å². The maximum absolute atomic E-state index is 12.3. The third-order valence-corrected chi connectivity index (χ3v) is 6.72. The molecule has 0 heterocycles. The number of halogens is 1. The third-order valence-electron chi connectivity index (χ3n) is 2.28. The van der Waals surface area contributed by atoms with Crippen molar-refractivity contribution in [2.45, 2.75) is 0 Å². The van der Waals surface area contributed by atoms with Crippen molar-refractivity contribution in [3.8, 4) is 0 Å². The van der Waals surface area contributed by atoms with Gasteiger partial charge in [-0.2, -0.15) is 0 Å². The van der Waals surface area contributed by atoms with E-state index in [1.54, 1.807) is 48.5 Å². The summed E-state index contributed by atoms with van der Waals surface area (Å²) in [5, 5.41) is 0.562. The SMILES string of the molecule is O=[As](O)(c1ccccc1)c1ccc(Cl)cc1. The summed E-state index contributed by atoms with van der Waals surface area (Å²) in [6.07, 6.45) is 0. The van der Waals surface area contributed by atoms with Crippen LogP contribution in [0.4, 0.5) is 0 Å². The van der Waals surface area contributed by atoms with E-state index >= 15 is 0 Å². The monoisotopic (exact) mass is 296 g/mol.